The van der Waals surface area contributed by atoms with Gasteiger partial charge in [-0.1, -0.05) is 0 Å². The number of benzene rings is 1. The summed E-state index contributed by atoms with van der Waals surface area (Å²) >= 11 is 0. The fraction of sp³-hybridized carbons (Fsp3) is 0.571. The van der Waals surface area contributed by atoms with Crippen molar-refractivity contribution in [2.75, 3.05) is 13.1 Å². The van der Waals surface area contributed by atoms with Crippen LogP contribution >= 0.6 is 0 Å². The van der Waals surface area contributed by atoms with Crippen molar-refractivity contribution in [3.8, 4) is 0 Å². The van der Waals surface area contributed by atoms with Crippen molar-refractivity contribution in [3.05, 3.63) is 35.1 Å². The molecule has 1 aromatic rings. The highest BCUT2D eigenvalue weighted by molar-refractivity contribution is 5.19. The Morgan fingerprint density at radius 2 is 1.84 bits per heavy atom. The van der Waals surface area contributed by atoms with Crippen molar-refractivity contribution in [1.82, 2.24) is 4.90 Å². The maximum absolute atomic E-state index is 13.2. The predicted octanol–water partition coefficient (Wildman–Crippen LogP) is 2.66. The van der Waals surface area contributed by atoms with E-state index in [9.17, 15) is 13.2 Å². The molecule has 0 aliphatic carbocycles. The second-order valence-electron chi connectivity index (χ2n) is 5.33. The Morgan fingerprint density at radius 3 is 2.42 bits per heavy atom. The van der Waals surface area contributed by atoms with E-state index in [1.807, 2.05) is 0 Å². The van der Waals surface area contributed by atoms with Gasteiger partial charge in [0.1, 0.15) is 0 Å². The molecule has 2 rings (SSSR count). The molecule has 19 heavy (non-hydrogen) atoms. The van der Waals surface area contributed by atoms with Gasteiger partial charge < -0.3 is 5.73 Å². The van der Waals surface area contributed by atoms with Crippen LogP contribution in [0.5, 0.6) is 0 Å². The largest absolute Gasteiger partial charge is 0.330 e. The van der Waals surface area contributed by atoms with Gasteiger partial charge >= 0.3 is 0 Å². The number of halogens is 3. The van der Waals surface area contributed by atoms with Crippen molar-refractivity contribution in [2.45, 2.75) is 32.4 Å². The van der Waals surface area contributed by atoms with Crippen molar-refractivity contribution >= 4 is 0 Å². The Morgan fingerprint density at radius 1 is 1.21 bits per heavy atom. The summed E-state index contributed by atoms with van der Waals surface area (Å²) in [7, 11) is 0. The van der Waals surface area contributed by atoms with E-state index >= 15 is 0 Å². The van der Waals surface area contributed by atoms with E-state index in [4.69, 9.17) is 5.73 Å². The molecule has 1 aromatic carbocycles. The van der Waals surface area contributed by atoms with Gasteiger partial charge in [-0.05, 0) is 49.9 Å². The van der Waals surface area contributed by atoms with E-state index < -0.39 is 17.5 Å². The smallest absolute Gasteiger partial charge is 0.194 e. The molecule has 0 radical (unpaired) electrons. The second-order valence-corrected chi connectivity index (χ2v) is 5.33. The minimum atomic E-state index is -1.41. The number of piperidine rings is 1. The van der Waals surface area contributed by atoms with Crippen LogP contribution in [0, 0.1) is 23.4 Å². The molecule has 2 unspecified atom stereocenters. The quantitative estimate of drug-likeness (QED) is 0.857. The zero-order valence-corrected chi connectivity index (χ0v) is 11.0. The second kappa shape index (κ2) is 5.92. The zero-order valence-electron chi connectivity index (χ0n) is 11.0. The number of nitrogens with two attached hydrogens (primary N) is 1. The van der Waals surface area contributed by atoms with Crippen molar-refractivity contribution < 1.29 is 13.2 Å². The highest BCUT2D eigenvalue weighted by atomic mass is 19.2. The van der Waals surface area contributed by atoms with Gasteiger partial charge in [-0.15, -0.1) is 0 Å². The summed E-state index contributed by atoms with van der Waals surface area (Å²) in [5.74, 6) is -3.24. The van der Waals surface area contributed by atoms with Gasteiger partial charge in [-0.2, -0.15) is 0 Å². The molecule has 1 saturated heterocycles. The van der Waals surface area contributed by atoms with Gasteiger partial charge in [0.2, 0.25) is 0 Å². The molecule has 0 amide bonds. The Kier molecular flexibility index (Phi) is 4.47. The minimum Gasteiger partial charge on any atom is -0.330 e. The van der Waals surface area contributed by atoms with Crippen LogP contribution in [-0.2, 0) is 6.54 Å². The molecule has 1 fully saturated rings. The zero-order chi connectivity index (χ0) is 14.0. The molecular formula is C14H19F3N2. The monoisotopic (exact) mass is 272 g/mol. The maximum Gasteiger partial charge on any atom is 0.194 e. The average Bonchev–Trinajstić information content (AvgIpc) is 2.38. The third-order valence-corrected chi connectivity index (χ3v) is 3.87. The summed E-state index contributed by atoms with van der Waals surface area (Å²) in [6.07, 6.45) is 2.11. The average molecular weight is 272 g/mol. The summed E-state index contributed by atoms with van der Waals surface area (Å²) in [6, 6.07) is 2.48. The summed E-state index contributed by atoms with van der Waals surface area (Å²) in [4.78, 5) is 2.15. The molecule has 0 saturated carbocycles. The first-order valence-corrected chi connectivity index (χ1v) is 6.58. The lowest BCUT2D eigenvalue weighted by Crippen LogP contribution is -2.43. The fourth-order valence-corrected chi connectivity index (χ4v) is 2.61. The lowest BCUT2D eigenvalue weighted by molar-refractivity contribution is 0.113. The Labute approximate surface area is 111 Å². The van der Waals surface area contributed by atoms with Gasteiger partial charge in [-0.3, -0.25) is 4.90 Å². The minimum absolute atomic E-state index is 0.346. The topological polar surface area (TPSA) is 29.3 Å². The lowest BCUT2D eigenvalue weighted by Gasteiger charge is -2.37. The van der Waals surface area contributed by atoms with Crippen LogP contribution < -0.4 is 5.73 Å². The molecule has 2 atom stereocenters. The number of hydrogen-bond donors (Lipinski definition) is 1. The Bertz CT molecular complexity index is 427. The molecule has 1 heterocycles. The van der Waals surface area contributed by atoms with Gasteiger partial charge in [0, 0.05) is 19.1 Å². The number of rotatable bonds is 3. The van der Waals surface area contributed by atoms with Crippen molar-refractivity contribution in [1.29, 1.82) is 0 Å². The highest BCUT2D eigenvalue weighted by Crippen LogP contribution is 2.24. The van der Waals surface area contributed by atoms with Crippen LogP contribution in [0.4, 0.5) is 13.2 Å². The fourth-order valence-electron chi connectivity index (χ4n) is 2.61. The van der Waals surface area contributed by atoms with E-state index in [0.29, 0.717) is 30.6 Å². The molecule has 0 bridgehead atoms. The predicted molar refractivity (Wildman–Crippen MR) is 68.0 cm³/mol. The van der Waals surface area contributed by atoms with E-state index in [1.54, 1.807) is 0 Å². The summed E-state index contributed by atoms with van der Waals surface area (Å²) < 4.78 is 39.3. The molecule has 2 nitrogen and oxygen atoms in total. The first-order chi connectivity index (χ1) is 9.01. The third kappa shape index (κ3) is 3.28. The normalized spacial score (nSPS) is 24.7. The van der Waals surface area contributed by atoms with E-state index in [2.05, 4.69) is 11.8 Å². The molecule has 0 aromatic heterocycles. The molecule has 106 valence electrons. The summed E-state index contributed by atoms with van der Waals surface area (Å²) in [6.45, 7) is 3.95. The van der Waals surface area contributed by atoms with Crippen molar-refractivity contribution in [2.24, 2.45) is 11.7 Å². The molecule has 1 aliphatic heterocycles. The first kappa shape index (κ1) is 14.3. The third-order valence-electron chi connectivity index (χ3n) is 3.87. The molecular weight excluding hydrogens is 253 g/mol. The van der Waals surface area contributed by atoms with Crippen LogP contribution in [0.15, 0.2) is 12.1 Å². The summed E-state index contributed by atoms with van der Waals surface area (Å²) in [5.41, 5.74) is 6.14. The van der Waals surface area contributed by atoms with E-state index in [0.717, 1.165) is 31.5 Å². The highest BCUT2D eigenvalue weighted by Gasteiger charge is 2.25. The molecule has 0 spiro atoms. The van der Waals surface area contributed by atoms with Crippen LogP contribution in [-0.4, -0.2) is 24.0 Å². The van der Waals surface area contributed by atoms with E-state index in [1.165, 1.54) is 0 Å². The first-order valence-electron chi connectivity index (χ1n) is 6.58. The SMILES string of the molecule is CC1CCC(CN)CN1Cc1cc(F)c(F)c(F)c1. The van der Waals surface area contributed by atoms with Gasteiger partial charge in [0.25, 0.3) is 0 Å². The molecule has 2 N–H and O–H groups in total. The van der Waals surface area contributed by atoms with Crippen LogP contribution in [0.25, 0.3) is 0 Å². The Hall–Kier alpha value is -1.07. The Balaban J connectivity index is 2.11. The number of nitrogens with zero attached hydrogens (tertiary/aromatic N) is 1. The molecule has 5 heteroatoms. The number of hydrogen-bond acceptors (Lipinski definition) is 2. The van der Waals surface area contributed by atoms with E-state index in [-0.39, 0.29) is 0 Å². The molecule has 1 aliphatic rings. The maximum atomic E-state index is 13.2. The van der Waals surface area contributed by atoms with Crippen molar-refractivity contribution in [3.63, 3.8) is 0 Å². The number of likely N-dealkylation sites (tertiary alicyclic amines) is 1. The van der Waals surface area contributed by atoms with Crippen LogP contribution in [0.3, 0.4) is 0 Å². The van der Waals surface area contributed by atoms with Gasteiger partial charge in [-0.25, -0.2) is 13.2 Å². The lowest BCUT2D eigenvalue weighted by atomic mass is 9.93. The van der Waals surface area contributed by atoms with Crippen LogP contribution in [0.2, 0.25) is 0 Å². The van der Waals surface area contributed by atoms with Crippen LogP contribution in [0.1, 0.15) is 25.3 Å². The summed E-state index contributed by atoms with van der Waals surface area (Å²) in [5, 5.41) is 0. The van der Waals surface area contributed by atoms with Gasteiger partial charge in [0.05, 0.1) is 0 Å². The standard InChI is InChI=1S/C14H19F3N2/c1-9-2-3-10(6-18)7-19(9)8-11-4-12(15)14(17)13(16)5-11/h4-5,9-10H,2-3,6-8,18H2,1H3. The van der Waals surface area contributed by atoms with Gasteiger partial charge in [0.15, 0.2) is 17.5 Å².